The van der Waals surface area contributed by atoms with E-state index in [9.17, 15) is 13.2 Å². The quantitative estimate of drug-likeness (QED) is 0.511. The van der Waals surface area contributed by atoms with Crippen molar-refractivity contribution in [2.45, 2.75) is 39.5 Å². The predicted octanol–water partition coefficient (Wildman–Crippen LogP) is 4.10. The van der Waals surface area contributed by atoms with E-state index >= 15 is 0 Å². The minimum Gasteiger partial charge on any atom is -0.422 e. The van der Waals surface area contributed by atoms with Crippen LogP contribution in [0.15, 0.2) is 44.4 Å². The largest absolute Gasteiger partial charge is 0.422 e. The zero-order valence-electron chi connectivity index (χ0n) is 15.3. The molecule has 2 aromatic carbocycles. The van der Waals surface area contributed by atoms with E-state index in [1.165, 1.54) is 6.07 Å². The molecule has 3 aromatic rings. The van der Waals surface area contributed by atoms with E-state index in [4.69, 9.17) is 8.60 Å². The molecule has 1 heterocycles. The third kappa shape index (κ3) is 3.12. The number of hydrogen-bond acceptors (Lipinski definition) is 5. The lowest BCUT2D eigenvalue weighted by atomic mass is 10.1. The lowest BCUT2D eigenvalue weighted by Crippen LogP contribution is -2.13. The van der Waals surface area contributed by atoms with Crippen molar-refractivity contribution in [2.75, 3.05) is 0 Å². The molecule has 0 amide bonds. The Morgan fingerprint density at radius 3 is 2.12 bits per heavy atom. The Morgan fingerprint density at radius 2 is 1.50 bits per heavy atom. The monoisotopic (exact) mass is 372 g/mol. The van der Waals surface area contributed by atoms with Gasteiger partial charge in [-0.3, -0.25) is 0 Å². The summed E-state index contributed by atoms with van der Waals surface area (Å²) in [5.41, 5.74) is 3.42. The lowest BCUT2D eigenvalue weighted by molar-refractivity contribution is 0.483. The summed E-state index contributed by atoms with van der Waals surface area (Å²) in [6, 6.07) is 8.29. The van der Waals surface area contributed by atoms with Gasteiger partial charge in [0.25, 0.3) is 0 Å². The summed E-state index contributed by atoms with van der Waals surface area (Å²) in [6.45, 7) is 8.90. The van der Waals surface area contributed by atoms with E-state index in [-0.39, 0.29) is 10.6 Å². The molecule has 0 atom stereocenters. The number of hydrogen-bond donors (Lipinski definition) is 0. The molecule has 0 fully saturated rings. The molecule has 0 saturated heterocycles. The third-order valence-corrected chi connectivity index (χ3v) is 6.04. The fourth-order valence-electron chi connectivity index (χ4n) is 3.21. The van der Waals surface area contributed by atoms with E-state index in [2.05, 4.69) is 0 Å². The SMILES string of the molecule is Cc1cc(C)c(S(=O)(=O)Oc2ccc3c(C)c(C)c(=O)oc3c2)c(C)c1. The summed E-state index contributed by atoms with van der Waals surface area (Å²) in [4.78, 5) is 12.0. The van der Waals surface area contributed by atoms with Gasteiger partial charge in [0, 0.05) is 17.0 Å². The van der Waals surface area contributed by atoms with Gasteiger partial charge in [0.2, 0.25) is 0 Å². The molecule has 0 unspecified atom stereocenters. The van der Waals surface area contributed by atoms with Gasteiger partial charge in [0.05, 0.1) is 0 Å². The van der Waals surface area contributed by atoms with Crippen molar-refractivity contribution in [3.63, 3.8) is 0 Å². The molecule has 26 heavy (non-hydrogen) atoms. The molecular weight excluding hydrogens is 352 g/mol. The molecule has 0 spiro atoms. The summed E-state index contributed by atoms with van der Waals surface area (Å²) in [5.74, 6) is 0.100. The number of rotatable bonds is 3. The molecule has 1 aromatic heterocycles. The first-order valence-electron chi connectivity index (χ1n) is 8.16. The lowest BCUT2D eigenvalue weighted by Gasteiger charge is -2.13. The van der Waals surface area contributed by atoms with E-state index in [1.807, 2.05) is 13.8 Å². The topological polar surface area (TPSA) is 73.6 Å². The van der Waals surface area contributed by atoms with Gasteiger partial charge in [0.15, 0.2) is 0 Å². The van der Waals surface area contributed by atoms with E-state index in [1.54, 1.807) is 45.0 Å². The Morgan fingerprint density at radius 1 is 0.885 bits per heavy atom. The van der Waals surface area contributed by atoms with Crippen LogP contribution in [0.5, 0.6) is 5.75 Å². The van der Waals surface area contributed by atoms with Crippen LogP contribution in [-0.4, -0.2) is 8.42 Å². The fraction of sp³-hybridized carbons (Fsp3) is 0.250. The summed E-state index contributed by atoms with van der Waals surface area (Å²) in [5, 5.41) is 0.745. The number of aryl methyl sites for hydroxylation is 4. The highest BCUT2D eigenvalue weighted by Gasteiger charge is 2.22. The second-order valence-electron chi connectivity index (χ2n) is 6.56. The zero-order chi connectivity index (χ0) is 19.2. The molecule has 0 N–H and O–H groups in total. The molecular formula is C20H20O5S. The minimum atomic E-state index is -4.01. The van der Waals surface area contributed by atoms with Gasteiger partial charge in [0.1, 0.15) is 16.2 Å². The predicted molar refractivity (Wildman–Crippen MR) is 100 cm³/mol. The van der Waals surface area contributed by atoms with Crippen molar-refractivity contribution < 1.29 is 17.0 Å². The maximum absolute atomic E-state index is 12.8. The summed E-state index contributed by atoms with van der Waals surface area (Å²) >= 11 is 0. The van der Waals surface area contributed by atoms with Crippen LogP contribution in [-0.2, 0) is 10.1 Å². The van der Waals surface area contributed by atoms with Crippen molar-refractivity contribution in [3.8, 4) is 5.75 Å². The molecule has 0 aliphatic heterocycles. The highest BCUT2D eigenvalue weighted by atomic mass is 32.2. The molecule has 0 aliphatic rings. The average Bonchev–Trinajstić information content (AvgIpc) is 2.50. The zero-order valence-corrected chi connectivity index (χ0v) is 16.2. The van der Waals surface area contributed by atoms with Crippen molar-refractivity contribution in [2.24, 2.45) is 0 Å². The van der Waals surface area contributed by atoms with Crippen LogP contribution in [0, 0.1) is 34.6 Å². The van der Waals surface area contributed by atoms with Crippen LogP contribution in [0.2, 0.25) is 0 Å². The van der Waals surface area contributed by atoms with Crippen LogP contribution < -0.4 is 9.81 Å². The summed E-state index contributed by atoms with van der Waals surface area (Å²) < 4.78 is 36.1. The Labute approximate surface area is 152 Å². The standard InChI is InChI=1S/C20H20O5S/c1-11-8-12(2)19(13(3)9-11)26(22,23)25-16-6-7-17-14(4)15(5)20(21)24-18(17)10-16/h6-10H,1-5H3. The molecule has 0 radical (unpaired) electrons. The number of benzene rings is 2. The first kappa shape index (κ1) is 18.2. The van der Waals surface area contributed by atoms with Gasteiger partial charge in [-0.15, -0.1) is 0 Å². The summed E-state index contributed by atoms with van der Waals surface area (Å²) in [6.07, 6.45) is 0. The third-order valence-electron chi connectivity index (χ3n) is 4.49. The Hall–Kier alpha value is -2.60. The number of fused-ring (bicyclic) bond motifs is 1. The second-order valence-corrected chi connectivity index (χ2v) is 8.05. The normalized spacial score (nSPS) is 11.7. The average molecular weight is 372 g/mol. The van der Waals surface area contributed by atoms with Gasteiger partial charge in [-0.25, -0.2) is 4.79 Å². The molecule has 0 aliphatic carbocycles. The smallest absolute Gasteiger partial charge is 0.339 e. The van der Waals surface area contributed by atoms with Crippen LogP contribution in [0.25, 0.3) is 11.0 Å². The van der Waals surface area contributed by atoms with Gasteiger partial charge in [-0.2, -0.15) is 8.42 Å². The molecule has 3 rings (SSSR count). The minimum absolute atomic E-state index is 0.100. The van der Waals surface area contributed by atoms with Crippen molar-refractivity contribution in [1.82, 2.24) is 0 Å². The fourth-order valence-corrected chi connectivity index (χ4v) is 4.56. The van der Waals surface area contributed by atoms with E-state index in [0.29, 0.717) is 22.3 Å². The summed E-state index contributed by atoms with van der Waals surface area (Å²) in [7, 11) is -4.01. The van der Waals surface area contributed by atoms with Crippen molar-refractivity contribution in [3.05, 3.63) is 68.6 Å². The highest BCUT2D eigenvalue weighted by Crippen LogP contribution is 2.28. The second kappa shape index (κ2) is 6.29. The van der Waals surface area contributed by atoms with Gasteiger partial charge < -0.3 is 8.60 Å². The van der Waals surface area contributed by atoms with Crippen LogP contribution in [0.1, 0.15) is 27.8 Å². The molecule has 136 valence electrons. The van der Waals surface area contributed by atoms with Crippen molar-refractivity contribution >= 4 is 21.1 Å². The van der Waals surface area contributed by atoms with Gasteiger partial charge >= 0.3 is 15.7 Å². The van der Waals surface area contributed by atoms with Gasteiger partial charge in [-0.1, -0.05) is 17.7 Å². The Balaban J connectivity index is 2.09. The maximum Gasteiger partial charge on any atom is 0.339 e. The van der Waals surface area contributed by atoms with Crippen molar-refractivity contribution in [1.29, 1.82) is 0 Å². The van der Waals surface area contributed by atoms with Crippen LogP contribution in [0.3, 0.4) is 0 Å². The first-order chi connectivity index (χ1) is 12.1. The van der Waals surface area contributed by atoms with E-state index < -0.39 is 15.7 Å². The first-order valence-corrected chi connectivity index (χ1v) is 9.57. The van der Waals surface area contributed by atoms with E-state index in [0.717, 1.165) is 16.5 Å². The Kier molecular flexibility index (Phi) is 4.40. The van der Waals surface area contributed by atoms with Gasteiger partial charge in [-0.05, 0) is 63.4 Å². The highest BCUT2D eigenvalue weighted by molar-refractivity contribution is 7.87. The molecule has 6 heteroatoms. The van der Waals surface area contributed by atoms with Crippen LogP contribution in [0.4, 0.5) is 0 Å². The maximum atomic E-state index is 12.8. The van der Waals surface area contributed by atoms with Crippen LogP contribution >= 0.6 is 0 Å². The molecule has 0 bridgehead atoms. The molecule has 0 saturated carbocycles. The Bertz CT molecular complexity index is 1160. The molecule has 5 nitrogen and oxygen atoms in total.